The standard InChI is InChI=1S/C9H8ClF2NO3S/c1-4-3-17-6(7(14)16-2)5(4)13-8(15)9(10,11)12/h3H,1-2H3,(H,13,15). The van der Waals surface area contributed by atoms with Crippen LogP contribution in [0.25, 0.3) is 0 Å². The molecule has 1 amide bonds. The van der Waals surface area contributed by atoms with Crippen molar-refractivity contribution < 1.29 is 23.1 Å². The van der Waals surface area contributed by atoms with E-state index in [1.54, 1.807) is 6.92 Å². The van der Waals surface area contributed by atoms with Gasteiger partial charge in [-0.05, 0) is 29.5 Å². The van der Waals surface area contributed by atoms with E-state index in [9.17, 15) is 18.4 Å². The molecule has 0 bridgehead atoms. The van der Waals surface area contributed by atoms with Crippen LogP contribution in [-0.2, 0) is 9.53 Å². The Morgan fingerprint density at radius 1 is 1.53 bits per heavy atom. The zero-order valence-electron chi connectivity index (χ0n) is 8.84. The van der Waals surface area contributed by atoms with Gasteiger partial charge in [-0.1, -0.05) is 0 Å². The highest BCUT2D eigenvalue weighted by Gasteiger charge is 2.37. The summed E-state index contributed by atoms with van der Waals surface area (Å²) >= 11 is 5.54. The number of amides is 1. The van der Waals surface area contributed by atoms with E-state index in [1.165, 1.54) is 5.38 Å². The van der Waals surface area contributed by atoms with Crippen molar-refractivity contribution >= 4 is 40.5 Å². The Morgan fingerprint density at radius 3 is 2.59 bits per heavy atom. The largest absolute Gasteiger partial charge is 0.465 e. The molecule has 1 aromatic heterocycles. The van der Waals surface area contributed by atoms with Gasteiger partial charge in [0.25, 0.3) is 0 Å². The molecule has 1 aromatic rings. The molecule has 0 saturated heterocycles. The predicted octanol–water partition coefficient (Wildman–Crippen LogP) is 2.61. The van der Waals surface area contributed by atoms with Crippen molar-refractivity contribution in [3.05, 3.63) is 15.8 Å². The molecule has 0 saturated carbocycles. The summed E-state index contributed by atoms with van der Waals surface area (Å²) in [5.41, 5.74) is 0.469. The monoisotopic (exact) mass is 283 g/mol. The normalized spacial score (nSPS) is 11.1. The molecule has 1 N–H and O–H groups in total. The fourth-order valence-electron chi connectivity index (χ4n) is 1.03. The third-order valence-electron chi connectivity index (χ3n) is 1.84. The van der Waals surface area contributed by atoms with Gasteiger partial charge in [0.2, 0.25) is 0 Å². The first-order valence-electron chi connectivity index (χ1n) is 4.32. The van der Waals surface area contributed by atoms with E-state index in [4.69, 9.17) is 0 Å². The summed E-state index contributed by atoms with van der Waals surface area (Å²) in [4.78, 5) is 22.3. The number of anilines is 1. The van der Waals surface area contributed by atoms with E-state index in [-0.39, 0.29) is 10.6 Å². The van der Waals surface area contributed by atoms with Crippen molar-refractivity contribution in [3.63, 3.8) is 0 Å². The third kappa shape index (κ3) is 3.13. The van der Waals surface area contributed by atoms with Crippen LogP contribution >= 0.6 is 22.9 Å². The molecular weight excluding hydrogens is 276 g/mol. The highest BCUT2D eigenvalue weighted by atomic mass is 35.5. The van der Waals surface area contributed by atoms with Crippen LogP contribution in [-0.4, -0.2) is 24.4 Å². The highest BCUT2D eigenvalue weighted by molar-refractivity contribution is 7.12. The maximum Gasteiger partial charge on any atom is 0.400 e. The van der Waals surface area contributed by atoms with E-state index >= 15 is 0 Å². The Kier molecular flexibility index (Phi) is 4.05. The van der Waals surface area contributed by atoms with E-state index in [0.717, 1.165) is 18.4 Å². The van der Waals surface area contributed by atoms with Gasteiger partial charge in [-0.2, -0.15) is 8.78 Å². The summed E-state index contributed by atoms with van der Waals surface area (Å²) in [6, 6.07) is 0. The van der Waals surface area contributed by atoms with Gasteiger partial charge in [0.15, 0.2) is 0 Å². The molecule has 4 nitrogen and oxygen atoms in total. The zero-order valence-corrected chi connectivity index (χ0v) is 10.4. The van der Waals surface area contributed by atoms with Crippen molar-refractivity contribution in [2.45, 2.75) is 12.3 Å². The SMILES string of the molecule is COC(=O)c1scc(C)c1NC(=O)C(F)(F)Cl. The minimum Gasteiger partial charge on any atom is -0.465 e. The molecule has 0 aliphatic heterocycles. The Bertz CT molecular complexity index is 456. The van der Waals surface area contributed by atoms with Crippen LogP contribution in [0, 0.1) is 6.92 Å². The molecule has 1 rings (SSSR count). The van der Waals surface area contributed by atoms with Crippen LogP contribution in [0.15, 0.2) is 5.38 Å². The molecule has 0 aromatic carbocycles. The second-order valence-corrected chi connectivity index (χ2v) is 4.42. The number of hydrogen-bond acceptors (Lipinski definition) is 4. The number of thiophene rings is 1. The van der Waals surface area contributed by atoms with Gasteiger partial charge in [-0.3, -0.25) is 4.79 Å². The van der Waals surface area contributed by atoms with Gasteiger partial charge in [0.05, 0.1) is 12.8 Å². The number of ether oxygens (including phenoxy) is 1. The second-order valence-electron chi connectivity index (χ2n) is 3.07. The van der Waals surface area contributed by atoms with Crippen LogP contribution in [0.2, 0.25) is 0 Å². The number of carbonyl (C=O) groups is 2. The summed E-state index contributed by atoms with van der Waals surface area (Å²) in [6.45, 7) is 1.56. The number of hydrogen-bond donors (Lipinski definition) is 1. The molecule has 0 atom stereocenters. The molecule has 0 spiro atoms. The molecular formula is C9H8ClF2NO3S. The molecule has 0 fully saturated rings. The fourth-order valence-corrected chi connectivity index (χ4v) is 2.00. The summed E-state index contributed by atoms with van der Waals surface area (Å²) in [5, 5.41) is -0.587. The number of nitrogens with one attached hydrogen (secondary N) is 1. The van der Waals surface area contributed by atoms with Crippen LogP contribution in [0.3, 0.4) is 0 Å². The first kappa shape index (κ1) is 13.9. The molecule has 17 heavy (non-hydrogen) atoms. The number of alkyl halides is 3. The maximum absolute atomic E-state index is 12.5. The fraction of sp³-hybridized carbons (Fsp3) is 0.333. The molecule has 0 aliphatic carbocycles. The van der Waals surface area contributed by atoms with Gasteiger partial charge >= 0.3 is 17.3 Å². The van der Waals surface area contributed by atoms with Crippen LogP contribution in [0.5, 0.6) is 0 Å². The highest BCUT2D eigenvalue weighted by Crippen LogP contribution is 2.30. The molecule has 1 heterocycles. The van der Waals surface area contributed by atoms with Crippen LogP contribution in [0.1, 0.15) is 15.2 Å². The number of aryl methyl sites for hydroxylation is 1. The van der Waals surface area contributed by atoms with E-state index in [2.05, 4.69) is 16.3 Å². The Balaban J connectivity index is 3.02. The first-order chi connectivity index (χ1) is 7.77. The number of esters is 1. The average molecular weight is 284 g/mol. The second kappa shape index (κ2) is 4.97. The summed E-state index contributed by atoms with van der Waals surface area (Å²) in [7, 11) is 1.15. The van der Waals surface area contributed by atoms with Gasteiger partial charge < -0.3 is 10.1 Å². The number of halogens is 3. The lowest BCUT2D eigenvalue weighted by molar-refractivity contribution is -0.130. The summed E-state index contributed by atoms with van der Waals surface area (Å²) in [5.74, 6) is -2.40. The molecule has 8 heteroatoms. The number of rotatable bonds is 3. The van der Waals surface area contributed by atoms with Gasteiger partial charge in [-0.25, -0.2) is 4.79 Å². The lowest BCUT2D eigenvalue weighted by Crippen LogP contribution is -2.29. The van der Waals surface area contributed by atoms with Crippen LogP contribution < -0.4 is 5.32 Å². The van der Waals surface area contributed by atoms with Gasteiger partial charge in [-0.15, -0.1) is 11.3 Å². The quantitative estimate of drug-likeness (QED) is 0.685. The molecule has 94 valence electrons. The summed E-state index contributed by atoms with van der Waals surface area (Å²) < 4.78 is 29.4. The van der Waals surface area contributed by atoms with E-state index < -0.39 is 17.3 Å². The Hall–Kier alpha value is -1.21. The predicted molar refractivity (Wildman–Crippen MR) is 59.8 cm³/mol. The minimum absolute atomic E-state index is 0.00725. The first-order valence-corrected chi connectivity index (χ1v) is 5.57. The lowest BCUT2D eigenvalue weighted by atomic mass is 10.2. The van der Waals surface area contributed by atoms with Gasteiger partial charge in [0.1, 0.15) is 4.88 Å². The Labute approximate surface area is 105 Å². The molecule has 0 radical (unpaired) electrons. The Morgan fingerprint density at radius 2 is 2.12 bits per heavy atom. The van der Waals surface area contributed by atoms with E-state index in [0.29, 0.717) is 5.56 Å². The zero-order chi connectivity index (χ0) is 13.2. The number of methoxy groups -OCH3 is 1. The molecule has 0 unspecified atom stereocenters. The van der Waals surface area contributed by atoms with E-state index in [1.807, 2.05) is 5.32 Å². The minimum atomic E-state index is -4.03. The van der Waals surface area contributed by atoms with Crippen molar-refractivity contribution in [1.29, 1.82) is 0 Å². The van der Waals surface area contributed by atoms with Crippen molar-refractivity contribution in [3.8, 4) is 0 Å². The van der Waals surface area contributed by atoms with Crippen molar-refractivity contribution in [2.24, 2.45) is 0 Å². The maximum atomic E-state index is 12.5. The summed E-state index contributed by atoms with van der Waals surface area (Å²) in [6.07, 6.45) is 0. The molecule has 0 aliphatic rings. The number of carbonyl (C=O) groups excluding carboxylic acids is 2. The topological polar surface area (TPSA) is 55.4 Å². The van der Waals surface area contributed by atoms with Gasteiger partial charge in [0, 0.05) is 0 Å². The smallest absolute Gasteiger partial charge is 0.400 e. The third-order valence-corrected chi connectivity index (χ3v) is 3.09. The van der Waals surface area contributed by atoms with Crippen molar-refractivity contribution in [1.82, 2.24) is 0 Å². The van der Waals surface area contributed by atoms with Crippen molar-refractivity contribution in [2.75, 3.05) is 12.4 Å². The van der Waals surface area contributed by atoms with Crippen LogP contribution in [0.4, 0.5) is 14.5 Å². The lowest BCUT2D eigenvalue weighted by Gasteiger charge is -2.10. The average Bonchev–Trinajstić information content (AvgIpc) is 2.58.